The van der Waals surface area contributed by atoms with Crippen LogP contribution in [-0.2, 0) is 9.09 Å². The zero-order valence-electron chi connectivity index (χ0n) is 8.29. The van der Waals surface area contributed by atoms with Gasteiger partial charge >= 0.3 is 0 Å². The maximum absolute atomic E-state index is 11.3. The largest absolute Gasteiger partial charge is 0.778 e. The molecule has 0 heterocycles. The number of rotatable bonds is 4. The molecular weight excluding hydrogens is 175 g/mol. The van der Waals surface area contributed by atoms with Gasteiger partial charge in [0.05, 0.1) is 6.61 Å². The molecule has 0 rings (SSSR count). The Morgan fingerprint density at radius 1 is 1.42 bits per heavy atom. The van der Waals surface area contributed by atoms with Gasteiger partial charge in [-0.15, -0.1) is 0 Å². The predicted octanol–water partition coefficient (Wildman–Crippen LogP) is 2.16. The Hall–Kier alpha value is 0.150. The van der Waals surface area contributed by atoms with Crippen LogP contribution in [0.1, 0.15) is 40.5 Å². The van der Waals surface area contributed by atoms with Crippen molar-refractivity contribution in [1.29, 1.82) is 0 Å². The maximum atomic E-state index is 11.3. The van der Waals surface area contributed by atoms with Crippen LogP contribution < -0.4 is 4.89 Å². The maximum Gasteiger partial charge on any atom is 0.140 e. The molecule has 0 aliphatic heterocycles. The van der Waals surface area contributed by atoms with E-state index in [4.69, 9.17) is 4.52 Å². The molecule has 0 saturated carbocycles. The quantitative estimate of drug-likeness (QED) is 0.507. The molecule has 0 radical (unpaired) electrons. The Morgan fingerprint density at radius 2 is 1.92 bits per heavy atom. The zero-order chi connectivity index (χ0) is 9.83. The monoisotopic (exact) mass is 193 g/mol. The normalized spacial score (nSPS) is 17.4. The highest BCUT2D eigenvalue weighted by molar-refractivity contribution is 7.53. The third-order valence-corrected chi connectivity index (χ3v) is 3.75. The van der Waals surface area contributed by atoms with Crippen LogP contribution in [0.15, 0.2) is 0 Å². The second kappa shape index (κ2) is 4.40. The van der Waals surface area contributed by atoms with E-state index < -0.39 is 12.8 Å². The fraction of sp³-hybridized carbons (Fsp3) is 1.00. The average molecular weight is 193 g/mol. The van der Waals surface area contributed by atoms with E-state index in [0.717, 1.165) is 12.8 Å². The van der Waals surface area contributed by atoms with Crippen LogP contribution in [0.3, 0.4) is 0 Å². The van der Waals surface area contributed by atoms with Crippen molar-refractivity contribution in [3.05, 3.63) is 0 Å². The van der Waals surface area contributed by atoms with Gasteiger partial charge in [-0.25, -0.2) is 0 Å². The van der Waals surface area contributed by atoms with Crippen LogP contribution in [-0.4, -0.2) is 11.8 Å². The van der Waals surface area contributed by atoms with Gasteiger partial charge in [0.2, 0.25) is 0 Å². The van der Waals surface area contributed by atoms with Crippen LogP contribution in [0.25, 0.3) is 0 Å². The first-order valence-corrected chi connectivity index (χ1v) is 5.81. The molecule has 1 atom stereocenters. The van der Waals surface area contributed by atoms with Crippen molar-refractivity contribution in [3.63, 3.8) is 0 Å². The molecule has 0 amide bonds. The van der Waals surface area contributed by atoms with Crippen LogP contribution in [0.5, 0.6) is 0 Å². The molecule has 0 bridgehead atoms. The number of hydrogen-bond donors (Lipinski definition) is 0. The smallest absolute Gasteiger partial charge is 0.140 e. The molecule has 0 aromatic heterocycles. The van der Waals surface area contributed by atoms with E-state index >= 15 is 0 Å². The summed E-state index contributed by atoms with van der Waals surface area (Å²) in [6.45, 7) is 7.25. The minimum atomic E-state index is -3.66. The summed E-state index contributed by atoms with van der Waals surface area (Å²) in [6.07, 6.45) is 1.74. The van der Waals surface area contributed by atoms with E-state index in [9.17, 15) is 9.46 Å². The lowest BCUT2D eigenvalue weighted by atomic mass is 10.3. The average Bonchev–Trinajstić information content (AvgIpc) is 1.85. The van der Waals surface area contributed by atoms with Gasteiger partial charge in [-0.3, -0.25) is 0 Å². The van der Waals surface area contributed by atoms with Crippen molar-refractivity contribution in [2.24, 2.45) is 0 Å². The van der Waals surface area contributed by atoms with Crippen LogP contribution in [0.2, 0.25) is 0 Å². The van der Waals surface area contributed by atoms with Gasteiger partial charge in [-0.05, 0) is 6.42 Å². The van der Waals surface area contributed by atoms with Gasteiger partial charge < -0.3 is 14.0 Å². The Morgan fingerprint density at radius 3 is 2.25 bits per heavy atom. The topological polar surface area (TPSA) is 49.4 Å². The van der Waals surface area contributed by atoms with Crippen molar-refractivity contribution in [3.8, 4) is 0 Å². The molecule has 0 aliphatic rings. The van der Waals surface area contributed by atoms with Crippen molar-refractivity contribution < 1.29 is 14.0 Å². The van der Waals surface area contributed by atoms with Gasteiger partial charge in [-0.1, -0.05) is 34.1 Å². The first-order chi connectivity index (χ1) is 5.31. The summed E-state index contributed by atoms with van der Waals surface area (Å²) in [5, 5.41) is -0.777. The fourth-order valence-electron chi connectivity index (χ4n) is 0.523. The fourth-order valence-corrected chi connectivity index (χ4v) is 1.28. The third kappa shape index (κ3) is 3.70. The SMILES string of the molecule is CCCCOP(=O)([O-])C(C)(C)C. The molecule has 4 heteroatoms. The summed E-state index contributed by atoms with van der Waals surface area (Å²) in [7, 11) is -3.66. The molecule has 1 unspecified atom stereocenters. The second-order valence-electron chi connectivity index (χ2n) is 3.86. The molecule has 0 spiro atoms. The zero-order valence-corrected chi connectivity index (χ0v) is 9.19. The number of hydrogen-bond acceptors (Lipinski definition) is 3. The van der Waals surface area contributed by atoms with Crippen LogP contribution >= 0.6 is 7.60 Å². The number of unbranched alkanes of at least 4 members (excludes halogenated alkanes) is 1. The summed E-state index contributed by atoms with van der Waals surface area (Å²) >= 11 is 0. The molecule has 12 heavy (non-hydrogen) atoms. The van der Waals surface area contributed by atoms with E-state index in [-0.39, 0.29) is 0 Å². The highest BCUT2D eigenvalue weighted by atomic mass is 31.2. The molecule has 3 nitrogen and oxygen atoms in total. The Bertz CT molecular complexity index is 172. The molecule has 74 valence electrons. The van der Waals surface area contributed by atoms with Crippen molar-refractivity contribution in [1.82, 2.24) is 0 Å². The molecule has 0 saturated heterocycles. The summed E-state index contributed by atoms with van der Waals surface area (Å²) < 4.78 is 16.2. The molecule has 0 aromatic carbocycles. The highest BCUT2D eigenvalue weighted by Crippen LogP contribution is 2.50. The van der Waals surface area contributed by atoms with Gasteiger partial charge in [0.15, 0.2) is 0 Å². The van der Waals surface area contributed by atoms with Gasteiger partial charge in [-0.2, -0.15) is 0 Å². The Kier molecular flexibility index (Phi) is 4.46. The van der Waals surface area contributed by atoms with E-state index in [0.29, 0.717) is 6.61 Å². The lowest BCUT2D eigenvalue weighted by Crippen LogP contribution is -2.25. The molecule has 0 N–H and O–H groups in total. The first kappa shape index (κ1) is 12.2. The van der Waals surface area contributed by atoms with Crippen LogP contribution in [0.4, 0.5) is 0 Å². The van der Waals surface area contributed by atoms with Gasteiger partial charge in [0.25, 0.3) is 0 Å². The minimum Gasteiger partial charge on any atom is -0.778 e. The minimum absolute atomic E-state index is 0.314. The lowest BCUT2D eigenvalue weighted by Gasteiger charge is -2.35. The van der Waals surface area contributed by atoms with E-state index in [1.807, 2.05) is 6.92 Å². The second-order valence-corrected chi connectivity index (χ2v) is 6.45. The molecule has 0 fully saturated rings. The summed E-state index contributed by atoms with van der Waals surface area (Å²) in [5.41, 5.74) is 0. The summed E-state index contributed by atoms with van der Waals surface area (Å²) in [6, 6.07) is 0. The van der Waals surface area contributed by atoms with E-state index in [1.165, 1.54) is 0 Å². The standard InChI is InChI=1S/C8H19O3P/c1-5-6-7-11-12(9,10)8(2,3)4/h5-7H2,1-4H3,(H,9,10)/p-1. The molecule has 0 aliphatic carbocycles. The van der Waals surface area contributed by atoms with E-state index in [1.54, 1.807) is 20.8 Å². The van der Waals surface area contributed by atoms with Gasteiger partial charge in [0.1, 0.15) is 7.60 Å². The lowest BCUT2D eigenvalue weighted by molar-refractivity contribution is -0.204. The van der Waals surface area contributed by atoms with Crippen LogP contribution in [0, 0.1) is 0 Å². The van der Waals surface area contributed by atoms with E-state index in [2.05, 4.69) is 0 Å². The van der Waals surface area contributed by atoms with Crippen molar-refractivity contribution in [2.75, 3.05) is 6.61 Å². The predicted molar refractivity (Wildman–Crippen MR) is 48.2 cm³/mol. The van der Waals surface area contributed by atoms with Gasteiger partial charge in [0, 0.05) is 5.16 Å². The van der Waals surface area contributed by atoms with Crippen molar-refractivity contribution in [2.45, 2.75) is 45.7 Å². The first-order valence-electron chi connectivity index (χ1n) is 4.27. The summed E-state index contributed by atoms with van der Waals surface area (Å²) in [4.78, 5) is 11.3. The molecule has 0 aromatic rings. The Balaban J connectivity index is 3.98. The molecular formula is C8H18O3P-. The summed E-state index contributed by atoms with van der Waals surface area (Å²) in [5.74, 6) is 0. The highest BCUT2D eigenvalue weighted by Gasteiger charge is 2.26. The van der Waals surface area contributed by atoms with Crippen molar-refractivity contribution >= 4 is 7.60 Å². The Labute approximate surface area is 74.7 Å². The third-order valence-electron chi connectivity index (χ3n) is 1.58.